The largest absolute Gasteiger partial charge is 0.378 e. The van der Waals surface area contributed by atoms with Gasteiger partial charge in [0.05, 0.1) is 6.10 Å². The third-order valence-electron chi connectivity index (χ3n) is 4.49. The number of hydrogen-bond acceptors (Lipinski definition) is 4. The number of nitrogens with two attached hydrogens (primary N) is 1. The average molecular weight is 258 g/mol. The molecule has 0 aromatic rings. The van der Waals surface area contributed by atoms with Gasteiger partial charge in [0, 0.05) is 42.3 Å². The van der Waals surface area contributed by atoms with Gasteiger partial charge in [-0.05, 0) is 26.7 Å². The van der Waals surface area contributed by atoms with Gasteiger partial charge < -0.3 is 10.5 Å². The zero-order chi connectivity index (χ0) is 12.5. The second-order valence-corrected chi connectivity index (χ2v) is 6.91. The second-order valence-electron chi connectivity index (χ2n) is 5.42. The first kappa shape index (κ1) is 13.7. The van der Waals surface area contributed by atoms with Crippen LogP contribution in [-0.2, 0) is 4.74 Å². The van der Waals surface area contributed by atoms with Crippen LogP contribution in [-0.4, -0.2) is 53.3 Å². The third-order valence-corrected chi connectivity index (χ3v) is 5.83. The van der Waals surface area contributed by atoms with Crippen molar-refractivity contribution in [2.45, 2.75) is 56.5 Å². The molecule has 2 rings (SSSR count). The zero-order valence-corrected chi connectivity index (χ0v) is 12.1. The summed E-state index contributed by atoms with van der Waals surface area (Å²) < 4.78 is 5.70. The van der Waals surface area contributed by atoms with Crippen LogP contribution in [0.3, 0.4) is 0 Å². The minimum absolute atomic E-state index is 0.231. The van der Waals surface area contributed by atoms with Crippen LogP contribution in [0.5, 0.6) is 0 Å². The lowest BCUT2D eigenvalue weighted by atomic mass is 9.72. The van der Waals surface area contributed by atoms with Gasteiger partial charge in [0.25, 0.3) is 0 Å². The number of nitrogens with zero attached hydrogens (tertiary/aromatic N) is 1. The summed E-state index contributed by atoms with van der Waals surface area (Å²) in [5, 5.41) is 0.721. The van der Waals surface area contributed by atoms with Crippen LogP contribution >= 0.6 is 11.8 Å². The van der Waals surface area contributed by atoms with E-state index >= 15 is 0 Å². The van der Waals surface area contributed by atoms with E-state index in [9.17, 15) is 0 Å². The van der Waals surface area contributed by atoms with Crippen LogP contribution in [0, 0.1) is 0 Å². The minimum Gasteiger partial charge on any atom is -0.378 e. The maximum absolute atomic E-state index is 6.06. The third kappa shape index (κ3) is 2.50. The molecule has 1 aliphatic heterocycles. The Kier molecular flexibility index (Phi) is 4.40. The van der Waals surface area contributed by atoms with E-state index in [0.29, 0.717) is 12.1 Å². The number of ether oxygens (including phenoxy) is 1. The molecule has 0 spiro atoms. The van der Waals surface area contributed by atoms with Gasteiger partial charge in [-0.15, -0.1) is 0 Å². The van der Waals surface area contributed by atoms with E-state index in [0.717, 1.165) is 31.2 Å². The molecule has 100 valence electrons. The van der Waals surface area contributed by atoms with E-state index < -0.39 is 0 Å². The Morgan fingerprint density at radius 2 is 2.12 bits per heavy atom. The highest BCUT2D eigenvalue weighted by Gasteiger charge is 2.50. The first-order chi connectivity index (χ1) is 8.13. The van der Waals surface area contributed by atoms with E-state index in [4.69, 9.17) is 10.5 Å². The van der Waals surface area contributed by atoms with Gasteiger partial charge in [0.2, 0.25) is 0 Å². The Balaban J connectivity index is 1.99. The van der Waals surface area contributed by atoms with Crippen molar-refractivity contribution in [1.82, 2.24) is 4.90 Å². The van der Waals surface area contributed by atoms with Gasteiger partial charge >= 0.3 is 0 Å². The highest BCUT2D eigenvalue weighted by Crippen LogP contribution is 2.43. The first-order valence-electron chi connectivity index (χ1n) is 6.83. The van der Waals surface area contributed by atoms with Crippen LogP contribution in [0.1, 0.15) is 33.6 Å². The van der Waals surface area contributed by atoms with Gasteiger partial charge in [-0.3, -0.25) is 4.90 Å². The lowest BCUT2D eigenvalue weighted by Gasteiger charge is -2.57. The summed E-state index contributed by atoms with van der Waals surface area (Å²) in [5.74, 6) is 1.24. The van der Waals surface area contributed by atoms with Crippen LogP contribution in [0.15, 0.2) is 0 Å². The van der Waals surface area contributed by atoms with Crippen molar-refractivity contribution in [2.75, 3.05) is 25.4 Å². The molecule has 2 unspecified atom stereocenters. The van der Waals surface area contributed by atoms with Crippen LogP contribution in [0.2, 0.25) is 0 Å². The summed E-state index contributed by atoms with van der Waals surface area (Å²) in [6, 6.07) is 0.639. The average Bonchev–Trinajstić information content (AvgIpc) is 2.27. The summed E-state index contributed by atoms with van der Waals surface area (Å²) in [6.07, 6.45) is 2.69. The molecule has 0 amide bonds. The van der Waals surface area contributed by atoms with E-state index in [1.54, 1.807) is 0 Å². The first-order valence-corrected chi connectivity index (χ1v) is 7.88. The topological polar surface area (TPSA) is 38.5 Å². The molecule has 0 radical (unpaired) electrons. The fraction of sp³-hybridized carbons (Fsp3) is 1.00. The molecule has 1 heterocycles. The molecule has 2 aliphatic rings. The van der Waals surface area contributed by atoms with Gasteiger partial charge in [-0.1, -0.05) is 6.92 Å². The zero-order valence-electron chi connectivity index (χ0n) is 11.3. The Labute approximate surface area is 109 Å². The second kappa shape index (κ2) is 5.47. The quantitative estimate of drug-likeness (QED) is 0.833. The van der Waals surface area contributed by atoms with Crippen LogP contribution in [0.4, 0.5) is 0 Å². The monoisotopic (exact) mass is 258 g/mol. The lowest BCUT2D eigenvalue weighted by Crippen LogP contribution is -2.68. The molecule has 17 heavy (non-hydrogen) atoms. The van der Waals surface area contributed by atoms with Crippen molar-refractivity contribution < 1.29 is 4.74 Å². The van der Waals surface area contributed by atoms with E-state index in [-0.39, 0.29) is 5.54 Å². The summed E-state index contributed by atoms with van der Waals surface area (Å²) >= 11 is 2.09. The summed E-state index contributed by atoms with van der Waals surface area (Å²) in [6.45, 7) is 9.55. The van der Waals surface area contributed by atoms with Crippen molar-refractivity contribution in [3.63, 3.8) is 0 Å². The minimum atomic E-state index is 0.231. The maximum Gasteiger partial charge on any atom is 0.0611 e. The predicted octanol–water partition coefficient (Wildman–Crippen LogP) is 1.71. The van der Waals surface area contributed by atoms with Crippen LogP contribution in [0.25, 0.3) is 0 Å². The Morgan fingerprint density at radius 3 is 2.71 bits per heavy atom. The Morgan fingerprint density at radius 1 is 1.41 bits per heavy atom. The fourth-order valence-electron chi connectivity index (χ4n) is 3.26. The molecule has 2 N–H and O–H groups in total. The molecule has 1 aliphatic carbocycles. The van der Waals surface area contributed by atoms with Crippen molar-refractivity contribution in [3.8, 4) is 0 Å². The SMILES string of the molecule is CCOC1CC(CN)(N2CCSC(C)C2C)C1. The van der Waals surface area contributed by atoms with Crippen molar-refractivity contribution in [1.29, 1.82) is 0 Å². The summed E-state index contributed by atoms with van der Waals surface area (Å²) in [7, 11) is 0. The number of thioether (sulfide) groups is 1. The van der Waals surface area contributed by atoms with Crippen molar-refractivity contribution >= 4 is 11.8 Å². The van der Waals surface area contributed by atoms with Gasteiger partial charge in [0.15, 0.2) is 0 Å². The maximum atomic E-state index is 6.06. The molecular formula is C13H26N2OS. The molecular weight excluding hydrogens is 232 g/mol. The van der Waals surface area contributed by atoms with Crippen molar-refractivity contribution in [3.05, 3.63) is 0 Å². The normalized spacial score (nSPS) is 43.4. The van der Waals surface area contributed by atoms with E-state index in [1.807, 2.05) is 0 Å². The molecule has 2 fully saturated rings. The van der Waals surface area contributed by atoms with Crippen molar-refractivity contribution in [2.24, 2.45) is 5.73 Å². The summed E-state index contributed by atoms with van der Waals surface area (Å²) in [5.41, 5.74) is 6.29. The molecule has 1 saturated carbocycles. The molecule has 1 saturated heterocycles. The molecule has 0 aromatic carbocycles. The molecule has 3 nitrogen and oxygen atoms in total. The predicted molar refractivity (Wildman–Crippen MR) is 74.5 cm³/mol. The fourth-order valence-corrected chi connectivity index (χ4v) is 4.36. The Bertz CT molecular complexity index is 256. The summed E-state index contributed by atoms with van der Waals surface area (Å²) in [4.78, 5) is 2.66. The van der Waals surface area contributed by atoms with Gasteiger partial charge in [-0.2, -0.15) is 11.8 Å². The van der Waals surface area contributed by atoms with E-state index in [2.05, 4.69) is 37.4 Å². The smallest absolute Gasteiger partial charge is 0.0611 e. The standard InChI is InChI=1S/C13H26N2OS/c1-4-16-12-7-13(8-12,9-14)15-5-6-17-11(3)10(15)2/h10-12H,4-9,14H2,1-3H3. The molecule has 0 aromatic heterocycles. The van der Waals surface area contributed by atoms with Crippen LogP contribution < -0.4 is 5.73 Å². The van der Waals surface area contributed by atoms with Gasteiger partial charge in [0.1, 0.15) is 0 Å². The van der Waals surface area contributed by atoms with Gasteiger partial charge in [-0.25, -0.2) is 0 Å². The Hall–Kier alpha value is 0.230. The van der Waals surface area contributed by atoms with E-state index in [1.165, 1.54) is 12.3 Å². The molecule has 0 bridgehead atoms. The highest BCUT2D eigenvalue weighted by molar-refractivity contribution is 8.00. The number of hydrogen-bond donors (Lipinski definition) is 1. The molecule has 4 heteroatoms. The molecule has 2 atom stereocenters. The highest BCUT2D eigenvalue weighted by atomic mass is 32.2. The lowest BCUT2D eigenvalue weighted by molar-refractivity contribution is -0.110. The number of rotatable bonds is 4.